The van der Waals surface area contributed by atoms with Crippen molar-refractivity contribution >= 4 is 31.8 Å². The summed E-state index contributed by atoms with van der Waals surface area (Å²) in [6, 6.07) is 3.16. The summed E-state index contributed by atoms with van der Waals surface area (Å²) in [5, 5.41) is -11.2. The van der Waals surface area contributed by atoms with Gasteiger partial charge in [0.1, 0.15) is 5.75 Å². The van der Waals surface area contributed by atoms with Crippen molar-refractivity contribution in [3.63, 3.8) is 0 Å². The van der Waals surface area contributed by atoms with E-state index in [0.717, 1.165) is 12.1 Å². The van der Waals surface area contributed by atoms with Crippen molar-refractivity contribution in [1.82, 2.24) is 0 Å². The summed E-state index contributed by atoms with van der Waals surface area (Å²) in [5.41, 5.74) is -0.768. The number of nitrogens with one attached hydrogen (secondary N) is 1. The molecule has 0 fully saturated rings. The van der Waals surface area contributed by atoms with Gasteiger partial charge in [-0.1, -0.05) is 20.8 Å². The normalized spacial score (nSPS) is 14.3. The van der Waals surface area contributed by atoms with Crippen LogP contribution in [0.15, 0.2) is 24.3 Å². The molecular formula is C15H17F6NO7S2. The molecule has 0 aliphatic heterocycles. The Bertz CT molecular complexity index is 1040. The predicted molar refractivity (Wildman–Crippen MR) is 95.1 cm³/mol. The van der Waals surface area contributed by atoms with Gasteiger partial charge in [0.25, 0.3) is 0 Å². The fraction of sp³-hybridized carbons (Fsp3) is 0.533. The minimum Gasteiger partial charge on any atom is -0.378 e. The lowest BCUT2D eigenvalue weighted by atomic mass is 9.89. The molecule has 8 nitrogen and oxygen atoms in total. The molecule has 16 heteroatoms. The van der Waals surface area contributed by atoms with Crippen molar-refractivity contribution in [2.75, 3.05) is 5.32 Å². The lowest BCUT2D eigenvalue weighted by molar-refractivity contribution is -0.247. The lowest BCUT2D eigenvalue weighted by Gasteiger charge is -2.29. The van der Waals surface area contributed by atoms with Crippen LogP contribution < -0.4 is 9.50 Å². The average molecular weight is 501 g/mol. The molecule has 0 aromatic heterocycles. The van der Waals surface area contributed by atoms with Crippen LogP contribution in [0.4, 0.5) is 32.0 Å². The van der Waals surface area contributed by atoms with Crippen LogP contribution in [0.3, 0.4) is 0 Å². The molecule has 0 radical (unpaired) electrons. The Labute approximate surface area is 173 Å². The van der Waals surface area contributed by atoms with Crippen molar-refractivity contribution in [2.45, 2.75) is 43.6 Å². The molecule has 0 bridgehead atoms. The molecule has 1 aromatic carbocycles. The molecular weight excluding hydrogens is 484 g/mol. The van der Waals surface area contributed by atoms with E-state index in [1.807, 2.05) is 0 Å². The molecule has 0 spiro atoms. The molecule has 0 saturated carbocycles. The zero-order valence-corrected chi connectivity index (χ0v) is 17.6. The van der Waals surface area contributed by atoms with Gasteiger partial charge in [0.05, 0.1) is 0 Å². The first kappa shape index (κ1) is 27.0. The van der Waals surface area contributed by atoms with E-state index in [1.54, 1.807) is 20.8 Å². The van der Waals surface area contributed by atoms with Gasteiger partial charge < -0.3 is 9.50 Å². The third-order valence-corrected chi connectivity index (χ3v) is 6.39. The van der Waals surface area contributed by atoms with Gasteiger partial charge in [0.15, 0.2) is 0 Å². The minimum absolute atomic E-state index is 0.0336. The Morgan fingerprint density at radius 2 is 1.42 bits per heavy atom. The fourth-order valence-electron chi connectivity index (χ4n) is 1.72. The number of carbonyl (C=O) groups excluding carboxylic acids is 1. The summed E-state index contributed by atoms with van der Waals surface area (Å²) >= 11 is 0. The molecule has 0 heterocycles. The Morgan fingerprint density at radius 1 is 0.968 bits per heavy atom. The van der Waals surface area contributed by atoms with Crippen molar-refractivity contribution in [3.05, 3.63) is 24.3 Å². The van der Waals surface area contributed by atoms with E-state index in [-0.39, 0.29) is 5.69 Å². The predicted octanol–water partition coefficient (Wildman–Crippen LogP) is 3.48. The van der Waals surface area contributed by atoms with Gasteiger partial charge in [-0.05, 0) is 30.7 Å². The first-order valence-corrected chi connectivity index (χ1v) is 10.9. The van der Waals surface area contributed by atoms with E-state index in [4.69, 9.17) is 4.55 Å². The first-order valence-electron chi connectivity index (χ1n) is 8.10. The fourth-order valence-corrected chi connectivity index (χ4v) is 3.15. The number of benzene rings is 1. The van der Waals surface area contributed by atoms with Crippen LogP contribution in [0.5, 0.6) is 5.75 Å². The maximum Gasteiger partial charge on any atom is 0.450 e. The molecule has 0 aliphatic rings. The van der Waals surface area contributed by atoms with E-state index in [9.17, 15) is 48.0 Å². The van der Waals surface area contributed by atoms with E-state index in [0.29, 0.717) is 18.6 Å². The number of carbonyl (C=O) groups is 1. The average Bonchev–Trinajstić information content (AvgIpc) is 2.61. The highest BCUT2D eigenvalue weighted by molar-refractivity contribution is 7.88. The van der Waals surface area contributed by atoms with E-state index >= 15 is 0 Å². The SMILES string of the molecule is CCC(C)(C)C(=O)Nc1ccc(OS(=O)(=O)C(F)(F)C(F)(F)C(F)(F)S(=O)(=O)O)cc1. The van der Waals surface area contributed by atoms with E-state index in [2.05, 4.69) is 9.50 Å². The molecule has 2 N–H and O–H groups in total. The van der Waals surface area contributed by atoms with Gasteiger partial charge in [-0.2, -0.15) is 43.2 Å². The van der Waals surface area contributed by atoms with Gasteiger partial charge >= 0.3 is 36.7 Å². The number of hydrogen-bond acceptors (Lipinski definition) is 6. The molecule has 1 rings (SSSR count). The summed E-state index contributed by atoms with van der Waals surface area (Å²) in [6.45, 7) is 4.94. The number of alkyl halides is 6. The second-order valence-corrected chi connectivity index (χ2v) is 9.89. The molecule has 0 aliphatic carbocycles. The van der Waals surface area contributed by atoms with Gasteiger partial charge in [0, 0.05) is 11.1 Å². The standard InChI is InChI=1S/C15H17F6NO7S2/c1-4-12(2,3)11(23)22-9-5-7-10(8-6-9)29-31(27,28)15(20,21)13(16,17)14(18,19)30(24,25)26/h5-8H,4H2,1-3H3,(H,22,23)(H,24,25,26). The van der Waals surface area contributed by atoms with Crippen LogP contribution in [-0.4, -0.2) is 43.7 Å². The topological polar surface area (TPSA) is 127 Å². The molecule has 0 unspecified atom stereocenters. The summed E-state index contributed by atoms with van der Waals surface area (Å²) in [6.07, 6.45) is 0.440. The number of hydrogen-bond donors (Lipinski definition) is 2. The summed E-state index contributed by atoms with van der Waals surface area (Å²) in [7, 11) is -14.0. The Hall–Kier alpha value is -2.07. The van der Waals surface area contributed by atoms with Crippen LogP contribution in [0.1, 0.15) is 27.2 Å². The highest BCUT2D eigenvalue weighted by Crippen LogP contribution is 2.50. The van der Waals surface area contributed by atoms with Crippen LogP contribution in [0, 0.1) is 5.41 Å². The van der Waals surface area contributed by atoms with Crippen LogP contribution in [-0.2, 0) is 25.0 Å². The van der Waals surface area contributed by atoms with Crippen molar-refractivity contribution in [1.29, 1.82) is 0 Å². The molecule has 0 atom stereocenters. The summed E-state index contributed by atoms with van der Waals surface area (Å²) in [5.74, 6) is -8.61. The molecule has 1 aromatic rings. The van der Waals surface area contributed by atoms with Crippen molar-refractivity contribution < 1.29 is 56.7 Å². The molecule has 1 amide bonds. The zero-order valence-electron chi connectivity index (χ0n) is 16.0. The van der Waals surface area contributed by atoms with Crippen molar-refractivity contribution in [2.24, 2.45) is 5.41 Å². The second-order valence-electron chi connectivity index (χ2n) is 6.84. The first-order chi connectivity index (χ1) is 13.6. The lowest BCUT2D eigenvalue weighted by Crippen LogP contribution is -2.61. The largest absolute Gasteiger partial charge is 0.450 e. The maximum absolute atomic E-state index is 13.7. The number of amides is 1. The Kier molecular flexibility index (Phi) is 7.07. The summed E-state index contributed by atoms with van der Waals surface area (Å²) in [4.78, 5) is 12.0. The number of halogens is 6. The quantitative estimate of drug-likeness (QED) is 0.301. The Balaban J connectivity index is 3.18. The minimum atomic E-state index is -7.13. The van der Waals surface area contributed by atoms with Gasteiger partial charge in [-0.15, -0.1) is 0 Å². The monoisotopic (exact) mass is 501 g/mol. The maximum atomic E-state index is 13.7. The molecule has 31 heavy (non-hydrogen) atoms. The van der Waals surface area contributed by atoms with Crippen LogP contribution >= 0.6 is 0 Å². The number of anilines is 1. The summed E-state index contributed by atoms with van der Waals surface area (Å²) < 4.78 is 136. The van der Waals surface area contributed by atoms with Gasteiger partial charge in [0.2, 0.25) is 5.91 Å². The van der Waals surface area contributed by atoms with Crippen LogP contribution in [0.2, 0.25) is 0 Å². The highest BCUT2D eigenvalue weighted by atomic mass is 32.2. The zero-order chi connectivity index (χ0) is 24.7. The van der Waals surface area contributed by atoms with E-state index < -0.39 is 53.7 Å². The third-order valence-electron chi connectivity index (χ3n) is 4.19. The second kappa shape index (κ2) is 8.12. The number of rotatable bonds is 9. The molecule has 178 valence electrons. The van der Waals surface area contributed by atoms with Gasteiger partial charge in [-0.25, -0.2) is 0 Å². The molecule has 0 saturated heterocycles. The van der Waals surface area contributed by atoms with Crippen LogP contribution in [0.25, 0.3) is 0 Å². The third kappa shape index (κ3) is 4.90. The van der Waals surface area contributed by atoms with Crippen molar-refractivity contribution in [3.8, 4) is 5.75 Å². The highest BCUT2D eigenvalue weighted by Gasteiger charge is 2.83. The Morgan fingerprint density at radius 3 is 1.81 bits per heavy atom. The van der Waals surface area contributed by atoms with E-state index in [1.165, 1.54) is 0 Å². The van der Waals surface area contributed by atoms with Gasteiger partial charge in [-0.3, -0.25) is 9.35 Å². The smallest absolute Gasteiger partial charge is 0.378 e.